The Bertz CT molecular complexity index is 910. The molecule has 0 aliphatic carbocycles. The predicted octanol–water partition coefficient (Wildman–Crippen LogP) is 4.38. The first-order valence-corrected chi connectivity index (χ1v) is 11.7. The van der Waals surface area contributed by atoms with Crippen molar-refractivity contribution < 1.29 is 23.0 Å². The monoisotopic (exact) mass is 434 g/mol. The minimum atomic E-state index is -3.22. The fourth-order valence-corrected chi connectivity index (χ4v) is 5.69. The van der Waals surface area contributed by atoms with Crippen LogP contribution in [-0.4, -0.2) is 56.5 Å². The predicted molar refractivity (Wildman–Crippen MR) is 114 cm³/mol. The van der Waals surface area contributed by atoms with Crippen LogP contribution in [0, 0.1) is 5.82 Å². The fourth-order valence-electron chi connectivity index (χ4n) is 4.03. The maximum atomic E-state index is 13.7. The van der Waals surface area contributed by atoms with Gasteiger partial charge in [-0.3, -0.25) is 13.9 Å². The molecule has 1 fully saturated rings. The van der Waals surface area contributed by atoms with Crippen molar-refractivity contribution in [1.82, 2.24) is 9.21 Å². The number of unbranched alkanes of at least 4 members (excludes halogenated alkanes) is 1. The first-order chi connectivity index (χ1) is 14.5. The van der Waals surface area contributed by atoms with E-state index in [1.807, 2.05) is 6.07 Å². The lowest BCUT2D eigenvalue weighted by molar-refractivity contribution is 0.0450. The van der Waals surface area contributed by atoms with Gasteiger partial charge in [-0.15, -0.1) is 0 Å². The standard InChI is InChI=1S/C22H27FN2O4S/c23-20-9-3-1-7-17(20)16-29-18-11-14-24(15-18)12-5-6-13-25-22(26)19-8-2-4-10-21(19)30(25,27)28/h1-4,7-10,18,27-28H,5-6,11-16H2. The molecule has 0 radical (unpaired) electrons. The Morgan fingerprint density at radius 1 is 1.07 bits per heavy atom. The number of carbonyl (C=O) groups is 1. The molecule has 8 heteroatoms. The zero-order chi connectivity index (χ0) is 21.1. The summed E-state index contributed by atoms with van der Waals surface area (Å²) in [4.78, 5) is 15.1. The molecular weight excluding hydrogens is 407 g/mol. The molecule has 1 atom stereocenters. The summed E-state index contributed by atoms with van der Waals surface area (Å²) < 4.78 is 41.7. The maximum absolute atomic E-state index is 13.7. The van der Waals surface area contributed by atoms with Crippen LogP contribution in [0.4, 0.5) is 4.39 Å². The first-order valence-electron chi connectivity index (χ1n) is 10.2. The number of hydrogen-bond donors (Lipinski definition) is 2. The molecule has 2 aromatic carbocycles. The third-order valence-electron chi connectivity index (χ3n) is 5.69. The number of benzene rings is 2. The average Bonchev–Trinajstić information content (AvgIpc) is 3.27. The number of carbonyl (C=O) groups excluding carboxylic acids is 1. The molecule has 1 amide bonds. The number of hydrogen-bond acceptors (Lipinski definition) is 5. The lowest BCUT2D eigenvalue weighted by atomic mass is 10.2. The second-order valence-electron chi connectivity index (χ2n) is 7.74. The minimum absolute atomic E-state index is 0.0891. The van der Waals surface area contributed by atoms with Crippen LogP contribution in [-0.2, 0) is 11.3 Å². The van der Waals surface area contributed by atoms with Crippen molar-refractivity contribution in [3.05, 3.63) is 65.5 Å². The molecule has 6 nitrogen and oxygen atoms in total. The van der Waals surface area contributed by atoms with Crippen LogP contribution in [0.25, 0.3) is 0 Å². The van der Waals surface area contributed by atoms with E-state index >= 15 is 0 Å². The van der Waals surface area contributed by atoms with Gasteiger partial charge < -0.3 is 9.64 Å². The topological polar surface area (TPSA) is 73.2 Å². The van der Waals surface area contributed by atoms with E-state index < -0.39 is 10.8 Å². The molecule has 4 rings (SSSR count). The normalized spacial score (nSPS) is 21.8. The highest BCUT2D eigenvalue weighted by Gasteiger charge is 2.40. The number of rotatable bonds is 8. The van der Waals surface area contributed by atoms with Gasteiger partial charge in [0.2, 0.25) is 0 Å². The van der Waals surface area contributed by atoms with E-state index in [4.69, 9.17) is 4.74 Å². The van der Waals surface area contributed by atoms with Crippen LogP contribution in [0.2, 0.25) is 0 Å². The van der Waals surface area contributed by atoms with Crippen molar-refractivity contribution >= 4 is 16.7 Å². The Morgan fingerprint density at radius 3 is 2.60 bits per heavy atom. The molecule has 0 saturated carbocycles. The second-order valence-corrected chi connectivity index (χ2v) is 9.66. The van der Waals surface area contributed by atoms with Crippen molar-refractivity contribution in [1.29, 1.82) is 0 Å². The van der Waals surface area contributed by atoms with E-state index in [-0.39, 0.29) is 24.4 Å². The van der Waals surface area contributed by atoms with Crippen molar-refractivity contribution in [2.75, 3.05) is 26.2 Å². The summed E-state index contributed by atoms with van der Waals surface area (Å²) in [6.45, 7) is 3.17. The smallest absolute Gasteiger partial charge is 0.274 e. The molecule has 2 N–H and O–H groups in total. The van der Waals surface area contributed by atoms with Crippen LogP contribution in [0.1, 0.15) is 35.2 Å². The summed E-state index contributed by atoms with van der Waals surface area (Å²) in [5.74, 6) is -0.551. The van der Waals surface area contributed by atoms with E-state index in [0.29, 0.717) is 29.0 Å². The number of amides is 1. The van der Waals surface area contributed by atoms with Gasteiger partial charge in [0.25, 0.3) is 5.91 Å². The van der Waals surface area contributed by atoms with Crippen molar-refractivity contribution in [3.63, 3.8) is 0 Å². The van der Waals surface area contributed by atoms with Gasteiger partial charge in [-0.2, -0.15) is 0 Å². The molecule has 2 aromatic rings. The summed E-state index contributed by atoms with van der Waals surface area (Å²) in [5, 5.41) is 0. The lowest BCUT2D eigenvalue weighted by Gasteiger charge is -2.37. The summed E-state index contributed by atoms with van der Waals surface area (Å²) in [6, 6.07) is 13.3. The zero-order valence-corrected chi connectivity index (χ0v) is 17.6. The number of ether oxygens (including phenoxy) is 1. The van der Waals surface area contributed by atoms with E-state index in [2.05, 4.69) is 4.90 Å². The quantitative estimate of drug-likeness (QED) is 0.604. The number of likely N-dealkylation sites (tertiary alicyclic amines) is 1. The molecule has 0 bridgehead atoms. The van der Waals surface area contributed by atoms with Crippen molar-refractivity contribution in [2.24, 2.45) is 0 Å². The molecule has 1 unspecified atom stereocenters. The summed E-state index contributed by atoms with van der Waals surface area (Å²) in [6.07, 6.45) is 2.53. The Labute approximate surface area is 177 Å². The van der Waals surface area contributed by atoms with Gasteiger partial charge in [-0.25, -0.2) is 8.70 Å². The third-order valence-corrected chi connectivity index (χ3v) is 7.60. The summed E-state index contributed by atoms with van der Waals surface area (Å²) in [5.41, 5.74) is 0.957. The van der Waals surface area contributed by atoms with Crippen LogP contribution in [0.15, 0.2) is 53.4 Å². The maximum Gasteiger partial charge on any atom is 0.274 e. The fraction of sp³-hybridized carbons (Fsp3) is 0.409. The first kappa shape index (κ1) is 21.3. The summed E-state index contributed by atoms with van der Waals surface area (Å²) >= 11 is 0. The minimum Gasteiger partial charge on any atom is -0.372 e. The van der Waals surface area contributed by atoms with E-state index in [1.54, 1.807) is 36.4 Å². The summed E-state index contributed by atoms with van der Waals surface area (Å²) in [7, 11) is -3.22. The van der Waals surface area contributed by atoms with Crippen LogP contribution in [0.5, 0.6) is 0 Å². The van der Waals surface area contributed by atoms with Gasteiger partial charge in [-0.05, 0) is 44.0 Å². The van der Waals surface area contributed by atoms with Gasteiger partial charge in [0.05, 0.1) is 23.2 Å². The number of fused-ring (bicyclic) bond motifs is 1. The molecule has 2 heterocycles. The van der Waals surface area contributed by atoms with Gasteiger partial charge in [-0.1, -0.05) is 41.1 Å². The Hall–Kier alpha value is -1.97. The van der Waals surface area contributed by atoms with E-state index in [1.165, 1.54) is 10.4 Å². The lowest BCUT2D eigenvalue weighted by Crippen LogP contribution is -2.29. The highest BCUT2D eigenvalue weighted by molar-refractivity contribution is 8.23. The molecule has 0 aromatic heterocycles. The Morgan fingerprint density at radius 2 is 1.80 bits per heavy atom. The molecule has 0 spiro atoms. The van der Waals surface area contributed by atoms with E-state index in [0.717, 1.165) is 32.5 Å². The number of nitrogens with zero attached hydrogens (tertiary/aromatic N) is 2. The average molecular weight is 435 g/mol. The molecule has 30 heavy (non-hydrogen) atoms. The van der Waals surface area contributed by atoms with Crippen LogP contribution >= 0.6 is 10.8 Å². The van der Waals surface area contributed by atoms with Crippen molar-refractivity contribution in [3.8, 4) is 0 Å². The zero-order valence-electron chi connectivity index (χ0n) is 16.7. The molecule has 2 aliphatic heterocycles. The number of halogens is 1. The van der Waals surface area contributed by atoms with Crippen LogP contribution in [0.3, 0.4) is 0 Å². The largest absolute Gasteiger partial charge is 0.372 e. The van der Waals surface area contributed by atoms with Gasteiger partial charge in [0, 0.05) is 25.2 Å². The molecule has 1 saturated heterocycles. The SMILES string of the molecule is O=C1c2ccccc2S(O)(O)N1CCCCN1CCC(OCc2ccccc2F)C1. The third kappa shape index (κ3) is 4.38. The van der Waals surface area contributed by atoms with Gasteiger partial charge in [0.1, 0.15) is 5.82 Å². The molecule has 162 valence electrons. The van der Waals surface area contributed by atoms with Gasteiger partial charge in [0.15, 0.2) is 0 Å². The van der Waals surface area contributed by atoms with Crippen LogP contribution < -0.4 is 0 Å². The highest BCUT2D eigenvalue weighted by atomic mass is 32.3. The van der Waals surface area contributed by atoms with Crippen molar-refractivity contribution in [2.45, 2.75) is 36.9 Å². The second kappa shape index (κ2) is 9.03. The Balaban J connectivity index is 1.19. The molecular formula is C22H27FN2O4S. The van der Waals surface area contributed by atoms with Gasteiger partial charge >= 0.3 is 0 Å². The highest BCUT2D eigenvalue weighted by Crippen LogP contribution is 2.58. The molecule has 2 aliphatic rings. The van der Waals surface area contributed by atoms with E-state index in [9.17, 15) is 18.3 Å². The Kier molecular flexibility index (Phi) is 6.40.